The number of carbonyl (C=O) groups is 2. The number of alkyl halides is 1. The number of rotatable bonds is 14. The predicted octanol–water partition coefficient (Wildman–Crippen LogP) is 2.82. The quantitative estimate of drug-likeness (QED) is 0.232. The van der Waals surface area contributed by atoms with Crippen LogP contribution in [0.25, 0.3) is 0 Å². The molecule has 2 rings (SSSR count). The lowest BCUT2D eigenvalue weighted by molar-refractivity contribution is -0.149. The second-order valence-corrected chi connectivity index (χ2v) is 9.24. The van der Waals surface area contributed by atoms with E-state index in [-0.39, 0.29) is 19.4 Å². The molecule has 4 radical (unpaired) electrons. The van der Waals surface area contributed by atoms with Crippen LogP contribution in [0, 0.1) is 5.82 Å². The second kappa shape index (κ2) is 13.7. The topological polar surface area (TPSA) is 84.7 Å². The SMILES string of the molecule is [B]C(N)(Cc1ccc(N(CCCl)CCCC)cc1)C(=O)NC([B])(Cc1ccc(F)cc1)C(=O)OCC. The van der Waals surface area contributed by atoms with Crippen LogP contribution in [-0.2, 0) is 27.2 Å². The number of halogens is 2. The van der Waals surface area contributed by atoms with Gasteiger partial charge in [-0.3, -0.25) is 9.59 Å². The lowest BCUT2D eigenvalue weighted by atomic mass is 9.69. The van der Waals surface area contributed by atoms with Gasteiger partial charge in [-0.25, -0.2) is 4.39 Å². The summed E-state index contributed by atoms with van der Waals surface area (Å²) in [5.74, 6) is -1.60. The first kappa shape index (κ1) is 29.7. The van der Waals surface area contributed by atoms with Crippen molar-refractivity contribution < 1.29 is 18.7 Å². The largest absolute Gasteiger partial charge is 0.465 e. The van der Waals surface area contributed by atoms with Crippen LogP contribution in [0.1, 0.15) is 37.8 Å². The molecule has 0 heterocycles. The van der Waals surface area contributed by atoms with E-state index in [0.717, 1.165) is 37.2 Å². The highest BCUT2D eigenvalue weighted by Crippen LogP contribution is 2.20. The van der Waals surface area contributed by atoms with Gasteiger partial charge in [-0.15, -0.1) is 11.6 Å². The van der Waals surface area contributed by atoms with Crippen LogP contribution in [0.15, 0.2) is 48.5 Å². The highest BCUT2D eigenvalue weighted by molar-refractivity contribution is 6.32. The Morgan fingerprint density at radius 3 is 2.17 bits per heavy atom. The van der Waals surface area contributed by atoms with Gasteiger partial charge in [0.25, 0.3) is 0 Å². The van der Waals surface area contributed by atoms with Crippen molar-refractivity contribution in [2.24, 2.45) is 5.73 Å². The number of nitrogens with two attached hydrogens (primary N) is 1. The minimum atomic E-state index is -1.94. The molecule has 36 heavy (non-hydrogen) atoms. The first-order valence-corrected chi connectivity index (χ1v) is 12.6. The van der Waals surface area contributed by atoms with E-state index in [2.05, 4.69) is 17.1 Å². The number of hydrogen-bond donors (Lipinski definition) is 2. The summed E-state index contributed by atoms with van der Waals surface area (Å²) in [6, 6.07) is 13.0. The number of nitrogens with zero attached hydrogens (tertiary/aromatic N) is 1. The molecule has 0 saturated heterocycles. The van der Waals surface area contributed by atoms with Gasteiger partial charge in [0.1, 0.15) is 21.5 Å². The molecule has 3 N–H and O–H groups in total. The fraction of sp³-hybridized carbons (Fsp3) is 0.462. The van der Waals surface area contributed by atoms with E-state index >= 15 is 0 Å². The highest BCUT2D eigenvalue weighted by Gasteiger charge is 2.40. The smallest absolute Gasteiger partial charge is 0.322 e. The molecule has 0 aliphatic heterocycles. The molecule has 0 spiro atoms. The molecule has 190 valence electrons. The maximum Gasteiger partial charge on any atom is 0.322 e. The summed E-state index contributed by atoms with van der Waals surface area (Å²) in [6.45, 7) is 5.42. The van der Waals surface area contributed by atoms with Crippen molar-refractivity contribution in [3.05, 3.63) is 65.5 Å². The van der Waals surface area contributed by atoms with E-state index in [1.807, 2.05) is 24.3 Å². The Bertz CT molecular complexity index is 993. The minimum Gasteiger partial charge on any atom is -0.465 e. The number of nitrogens with one attached hydrogen (secondary N) is 1. The molecule has 2 atom stereocenters. The van der Waals surface area contributed by atoms with E-state index in [0.29, 0.717) is 11.4 Å². The van der Waals surface area contributed by atoms with Gasteiger partial charge in [-0.1, -0.05) is 37.6 Å². The number of ether oxygens (including phenoxy) is 1. The summed E-state index contributed by atoms with van der Waals surface area (Å²) >= 11 is 5.95. The summed E-state index contributed by atoms with van der Waals surface area (Å²) in [6.07, 6.45) is 1.98. The standard InChI is InChI=1S/C26H33B2ClFN3O3/c1-3-5-15-33(16-14-29)22-12-8-19(9-13-22)17-25(27,31)23(34)32-26(28,24(35)36-4-2)18-20-6-10-21(30)11-7-20/h6-13H,3-5,14-18,31H2,1-2H3,(H,32,34). The molecule has 0 fully saturated rings. The summed E-state index contributed by atoms with van der Waals surface area (Å²) in [4.78, 5) is 27.9. The van der Waals surface area contributed by atoms with Crippen molar-refractivity contribution >= 4 is 44.9 Å². The number of benzene rings is 2. The molecule has 6 nitrogen and oxygen atoms in total. The molecule has 2 aromatic rings. The zero-order chi connectivity index (χ0) is 26.8. The first-order chi connectivity index (χ1) is 17.0. The van der Waals surface area contributed by atoms with E-state index in [1.54, 1.807) is 6.92 Å². The number of amides is 1. The van der Waals surface area contributed by atoms with Crippen LogP contribution in [0.4, 0.5) is 10.1 Å². The van der Waals surface area contributed by atoms with Crippen molar-refractivity contribution in [3.63, 3.8) is 0 Å². The Labute approximate surface area is 220 Å². The molecule has 0 aliphatic rings. The monoisotopic (exact) mass is 511 g/mol. The van der Waals surface area contributed by atoms with E-state index < -0.39 is 28.6 Å². The fourth-order valence-electron chi connectivity index (χ4n) is 3.73. The van der Waals surface area contributed by atoms with Gasteiger partial charge in [0.05, 0.1) is 17.5 Å². The third-order valence-electron chi connectivity index (χ3n) is 5.73. The van der Waals surface area contributed by atoms with Crippen LogP contribution >= 0.6 is 11.6 Å². The maximum atomic E-state index is 13.3. The number of unbranched alkanes of at least 4 members (excludes halogenated alkanes) is 1. The molecule has 2 unspecified atom stereocenters. The Hall–Kier alpha value is -2.51. The van der Waals surface area contributed by atoms with Crippen molar-refractivity contribution in [3.8, 4) is 0 Å². The van der Waals surface area contributed by atoms with E-state index in [1.165, 1.54) is 24.3 Å². The van der Waals surface area contributed by atoms with Crippen molar-refractivity contribution in [1.82, 2.24) is 5.32 Å². The zero-order valence-electron chi connectivity index (χ0n) is 20.9. The Balaban J connectivity index is 2.16. The van der Waals surface area contributed by atoms with Crippen LogP contribution in [0.3, 0.4) is 0 Å². The van der Waals surface area contributed by atoms with Crippen molar-refractivity contribution in [2.45, 2.75) is 50.4 Å². The van der Waals surface area contributed by atoms with Gasteiger partial charge in [-0.2, -0.15) is 0 Å². The summed E-state index contributed by atoms with van der Waals surface area (Å²) < 4.78 is 18.4. The average molecular weight is 512 g/mol. The third-order valence-corrected chi connectivity index (χ3v) is 5.90. The number of esters is 1. The van der Waals surface area contributed by atoms with Crippen LogP contribution in [0.5, 0.6) is 0 Å². The molecule has 0 aliphatic carbocycles. The highest BCUT2D eigenvalue weighted by atomic mass is 35.5. The molecule has 0 saturated carbocycles. The van der Waals surface area contributed by atoms with Gasteiger partial charge >= 0.3 is 5.97 Å². The lowest BCUT2D eigenvalue weighted by Gasteiger charge is -2.34. The number of anilines is 1. The molecule has 0 aromatic heterocycles. The zero-order valence-corrected chi connectivity index (χ0v) is 21.7. The van der Waals surface area contributed by atoms with Gasteiger partial charge in [0, 0.05) is 24.7 Å². The average Bonchev–Trinajstić information content (AvgIpc) is 2.83. The van der Waals surface area contributed by atoms with Gasteiger partial charge < -0.3 is 20.7 Å². The van der Waals surface area contributed by atoms with E-state index in [4.69, 9.17) is 37.8 Å². The molecular weight excluding hydrogens is 478 g/mol. The van der Waals surface area contributed by atoms with E-state index in [9.17, 15) is 14.0 Å². The Morgan fingerprint density at radius 1 is 1.03 bits per heavy atom. The molecule has 1 amide bonds. The van der Waals surface area contributed by atoms with Crippen LogP contribution in [0.2, 0.25) is 0 Å². The van der Waals surface area contributed by atoms with Crippen molar-refractivity contribution in [1.29, 1.82) is 0 Å². The number of carbonyl (C=O) groups excluding carboxylic acids is 2. The third kappa shape index (κ3) is 8.56. The minimum absolute atomic E-state index is 0.000959. The molecule has 2 aromatic carbocycles. The fourth-order valence-corrected chi connectivity index (χ4v) is 3.94. The van der Waals surface area contributed by atoms with Gasteiger partial charge in [0.2, 0.25) is 5.91 Å². The molecule has 0 bridgehead atoms. The summed E-state index contributed by atoms with van der Waals surface area (Å²) in [7, 11) is 12.5. The van der Waals surface area contributed by atoms with Gasteiger partial charge in [0.15, 0.2) is 0 Å². The lowest BCUT2D eigenvalue weighted by Crippen LogP contribution is -2.65. The Kier molecular flexibility index (Phi) is 11.3. The van der Waals surface area contributed by atoms with Gasteiger partial charge in [-0.05, 0) is 61.6 Å². The number of hydrogen-bond acceptors (Lipinski definition) is 5. The second-order valence-electron chi connectivity index (χ2n) is 8.86. The molecule has 10 heteroatoms. The normalized spacial score (nSPS) is 14.4. The Morgan fingerprint density at radius 2 is 1.61 bits per heavy atom. The van der Waals surface area contributed by atoms with Crippen LogP contribution in [-0.4, -0.2) is 64.0 Å². The summed E-state index contributed by atoms with van der Waals surface area (Å²) in [5, 5.41) is 2.47. The van der Waals surface area contributed by atoms with Crippen LogP contribution < -0.4 is 16.0 Å². The predicted molar refractivity (Wildman–Crippen MR) is 144 cm³/mol. The first-order valence-electron chi connectivity index (χ1n) is 12.1. The maximum absolute atomic E-state index is 13.3. The van der Waals surface area contributed by atoms with Crippen molar-refractivity contribution in [2.75, 3.05) is 30.5 Å². The molecular formula is C26H33B2ClFN3O3. The summed E-state index contributed by atoms with van der Waals surface area (Å²) in [5.41, 5.74) is 4.64.